The van der Waals surface area contributed by atoms with E-state index in [1.165, 1.54) is 36.2 Å². The zero-order chi connectivity index (χ0) is 15.4. The van der Waals surface area contributed by atoms with Crippen molar-refractivity contribution in [1.29, 1.82) is 0 Å². The SMILES string of the molecule is CN(Cc1ccccc1F)C(=O)c1cccc(C(=O)O)n1. The molecule has 1 amide bonds. The van der Waals surface area contributed by atoms with Crippen LogP contribution in [0.5, 0.6) is 0 Å². The van der Waals surface area contributed by atoms with E-state index < -0.39 is 17.7 Å². The molecule has 0 aliphatic carbocycles. The van der Waals surface area contributed by atoms with Gasteiger partial charge in [0.15, 0.2) is 0 Å². The molecule has 0 fully saturated rings. The van der Waals surface area contributed by atoms with Gasteiger partial charge in [-0.25, -0.2) is 14.2 Å². The van der Waals surface area contributed by atoms with Crippen molar-refractivity contribution >= 4 is 11.9 Å². The van der Waals surface area contributed by atoms with E-state index in [1.54, 1.807) is 18.2 Å². The van der Waals surface area contributed by atoms with Crippen LogP contribution in [0.15, 0.2) is 42.5 Å². The van der Waals surface area contributed by atoms with Gasteiger partial charge in [0.05, 0.1) is 0 Å². The largest absolute Gasteiger partial charge is 0.477 e. The molecule has 1 aromatic heterocycles. The number of carbonyl (C=O) groups is 2. The predicted octanol–water partition coefficient (Wildman–Crippen LogP) is 2.19. The van der Waals surface area contributed by atoms with Gasteiger partial charge in [-0.3, -0.25) is 4.79 Å². The first-order chi connectivity index (χ1) is 9.99. The van der Waals surface area contributed by atoms with Crippen molar-refractivity contribution in [3.8, 4) is 0 Å². The van der Waals surface area contributed by atoms with E-state index in [4.69, 9.17) is 5.11 Å². The lowest BCUT2D eigenvalue weighted by Crippen LogP contribution is -2.27. The molecule has 21 heavy (non-hydrogen) atoms. The van der Waals surface area contributed by atoms with Gasteiger partial charge in [0.1, 0.15) is 17.2 Å². The highest BCUT2D eigenvalue weighted by molar-refractivity contribution is 5.94. The van der Waals surface area contributed by atoms with E-state index in [9.17, 15) is 14.0 Å². The number of benzene rings is 1. The zero-order valence-corrected chi connectivity index (χ0v) is 11.3. The fourth-order valence-corrected chi connectivity index (χ4v) is 1.82. The smallest absolute Gasteiger partial charge is 0.354 e. The van der Waals surface area contributed by atoms with Gasteiger partial charge >= 0.3 is 5.97 Å². The highest BCUT2D eigenvalue weighted by Crippen LogP contribution is 2.11. The van der Waals surface area contributed by atoms with Crippen LogP contribution < -0.4 is 0 Å². The normalized spacial score (nSPS) is 10.2. The first-order valence-corrected chi connectivity index (χ1v) is 6.18. The third-order valence-corrected chi connectivity index (χ3v) is 2.90. The second-order valence-corrected chi connectivity index (χ2v) is 4.47. The van der Waals surface area contributed by atoms with Gasteiger partial charge in [0.25, 0.3) is 5.91 Å². The first-order valence-electron chi connectivity index (χ1n) is 6.18. The van der Waals surface area contributed by atoms with E-state index in [1.807, 2.05) is 0 Å². The van der Waals surface area contributed by atoms with E-state index in [2.05, 4.69) is 4.98 Å². The van der Waals surface area contributed by atoms with Gasteiger partial charge in [-0.05, 0) is 18.2 Å². The summed E-state index contributed by atoms with van der Waals surface area (Å²) in [4.78, 5) is 28.1. The molecule has 6 heteroatoms. The molecule has 5 nitrogen and oxygen atoms in total. The fourth-order valence-electron chi connectivity index (χ4n) is 1.82. The van der Waals surface area contributed by atoms with E-state index in [-0.39, 0.29) is 17.9 Å². The molecule has 0 saturated heterocycles. The number of aromatic nitrogens is 1. The van der Waals surface area contributed by atoms with Gasteiger partial charge in [-0.1, -0.05) is 24.3 Å². The van der Waals surface area contributed by atoms with E-state index in [0.29, 0.717) is 5.56 Å². The Morgan fingerprint density at radius 3 is 2.48 bits per heavy atom. The molecule has 1 N–H and O–H groups in total. The third kappa shape index (κ3) is 3.42. The van der Waals surface area contributed by atoms with Crippen molar-refractivity contribution in [3.05, 3.63) is 65.2 Å². The van der Waals surface area contributed by atoms with Crippen LogP contribution in [0.1, 0.15) is 26.5 Å². The second kappa shape index (κ2) is 6.13. The van der Waals surface area contributed by atoms with E-state index in [0.717, 1.165) is 0 Å². The summed E-state index contributed by atoms with van der Waals surface area (Å²) in [6, 6.07) is 10.3. The Kier molecular flexibility index (Phi) is 4.27. The molecule has 0 saturated carbocycles. The monoisotopic (exact) mass is 288 g/mol. The minimum absolute atomic E-state index is 0.00809. The number of hydrogen-bond acceptors (Lipinski definition) is 3. The van der Waals surface area contributed by atoms with Crippen LogP contribution in [0.4, 0.5) is 4.39 Å². The molecule has 0 atom stereocenters. The van der Waals surface area contributed by atoms with Gasteiger partial charge < -0.3 is 10.0 Å². The lowest BCUT2D eigenvalue weighted by Gasteiger charge is -2.17. The second-order valence-electron chi connectivity index (χ2n) is 4.47. The Balaban J connectivity index is 2.18. The van der Waals surface area contributed by atoms with Gasteiger partial charge in [-0.2, -0.15) is 0 Å². The van der Waals surface area contributed by atoms with E-state index >= 15 is 0 Å². The Bertz CT molecular complexity index is 688. The number of carboxylic acid groups (broad SMARTS) is 1. The number of hydrogen-bond donors (Lipinski definition) is 1. The van der Waals surface area contributed by atoms with Gasteiger partial charge in [0, 0.05) is 19.2 Å². The summed E-state index contributed by atoms with van der Waals surface area (Å²) < 4.78 is 13.6. The maximum Gasteiger partial charge on any atom is 0.354 e. The molecule has 1 heterocycles. The highest BCUT2D eigenvalue weighted by atomic mass is 19.1. The van der Waals surface area contributed by atoms with Crippen LogP contribution in [0, 0.1) is 5.82 Å². The fraction of sp³-hybridized carbons (Fsp3) is 0.133. The lowest BCUT2D eigenvalue weighted by molar-refractivity contribution is 0.0690. The Morgan fingerprint density at radius 2 is 1.81 bits per heavy atom. The average Bonchev–Trinajstić information content (AvgIpc) is 2.49. The molecule has 0 aliphatic heterocycles. The van der Waals surface area contributed by atoms with Crippen molar-refractivity contribution in [2.45, 2.75) is 6.54 Å². The molecule has 0 unspecified atom stereocenters. The standard InChI is InChI=1S/C15H13FN2O3/c1-18(9-10-5-2-3-6-11(10)16)14(19)12-7-4-8-13(17-12)15(20)21/h2-8H,9H2,1H3,(H,20,21). The summed E-state index contributed by atoms with van der Waals surface area (Å²) >= 11 is 0. The zero-order valence-electron chi connectivity index (χ0n) is 11.3. The van der Waals surface area contributed by atoms with Crippen LogP contribution in [0.3, 0.4) is 0 Å². The topological polar surface area (TPSA) is 70.5 Å². The number of aromatic carboxylic acids is 1. The summed E-state index contributed by atoms with van der Waals surface area (Å²) in [5.41, 5.74) is 0.177. The van der Waals surface area contributed by atoms with Crippen LogP contribution in [-0.4, -0.2) is 33.9 Å². The molecule has 2 rings (SSSR count). The molecule has 2 aromatic rings. The summed E-state index contributed by atoms with van der Waals surface area (Å²) in [6.07, 6.45) is 0. The number of carboxylic acids is 1. The Morgan fingerprint density at radius 1 is 1.14 bits per heavy atom. The minimum atomic E-state index is -1.21. The summed E-state index contributed by atoms with van der Waals surface area (Å²) in [7, 11) is 1.50. The predicted molar refractivity (Wildman–Crippen MR) is 73.4 cm³/mol. The van der Waals surface area contributed by atoms with Crippen LogP contribution in [0.2, 0.25) is 0 Å². The van der Waals surface area contributed by atoms with Crippen molar-refractivity contribution in [3.63, 3.8) is 0 Å². The van der Waals surface area contributed by atoms with Gasteiger partial charge in [-0.15, -0.1) is 0 Å². The number of amides is 1. The average molecular weight is 288 g/mol. The van der Waals surface area contributed by atoms with Crippen molar-refractivity contribution in [2.75, 3.05) is 7.05 Å². The molecule has 1 aromatic carbocycles. The minimum Gasteiger partial charge on any atom is -0.477 e. The number of carbonyl (C=O) groups excluding carboxylic acids is 1. The number of halogens is 1. The van der Waals surface area contributed by atoms with Crippen molar-refractivity contribution in [1.82, 2.24) is 9.88 Å². The first kappa shape index (κ1) is 14.6. The maximum absolute atomic E-state index is 13.6. The van der Waals surface area contributed by atoms with Crippen LogP contribution in [0.25, 0.3) is 0 Å². The molecule has 0 radical (unpaired) electrons. The number of nitrogens with zero attached hydrogens (tertiary/aromatic N) is 2. The number of rotatable bonds is 4. The molecular formula is C15H13FN2O3. The maximum atomic E-state index is 13.6. The molecular weight excluding hydrogens is 275 g/mol. The lowest BCUT2D eigenvalue weighted by atomic mass is 10.2. The number of pyridine rings is 1. The molecule has 0 bridgehead atoms. The molecule has 0 aliphatic rings. The third-order valence-electron chi connectivity index (χ3n) is 2.90. The highest BCUT2D eigenvalue weighted by Gasteiger charge is 2.16. The van der Waals surface area contributed by atoms with Crippen molar-refractivity contribution in [2.24, 2.45) is 0 Å². The summed E-state index contributed by atoms with van der Waals surface area (Å²) in [5.74, 6) is -2.08. The Hall–Kier alpha value is -2.76. The Labute approximate surface area is 120 Å². The summed E-state index contributed by atoms with van der Waals surface area (Å²) in [5, 5.41) is 8.86. The molecule has 0 spiro atoms. The molecule has 108 valence electrons. The van der Waals surface area contributed by atoms with Crippen LogP contribution >= 0.6 is 0 Å². The van der Waals surface area contributed by atoms with Crippen molar-refractivity contribution < 1.29 is 19.1 Å². The quantitative estimate of drug-likeness (QED) is 0.936. The van der Waals surface area contributed by atoms with Gasteiger partial charge in [0.2, 0.25) is 0 Å². The summed E-state index contributed by atoms with van der Waals surface area (Å²) in [6.45, 7) is 0.0739. The van der Waals surface area contributed by atoms with Crippen LogP contribution in [-0.2, 0) is 6.54 Å².